The smallest absolute Gasteiger partial charge is 0.253 e. The topological polar surface area (TPSA) is 45.7 Å². The number of aromatic nitrogens is 1. The lowest BCUT2D eigenvalue weighted by Crippen LogP contribution is -2.48. The van der Waals surface area contributed by atoms with Crippen LogP contribution in [0.3, 0.4) is 0 Å². The zero-order chi connectivity index (χ0) is 17.9. The first-order chi connectivity index (χ1) is 12.7. The molecule has 0 atom stereocenters. The van der Waals surface area contributed by atoms with Crippen LogP contribution in [0.4, 0.5) is 5.13 Å². The molecule has 1 aromatic heterocycles. The van der Waals surface area contributed by atoms with E-state index in [2.05, 4.69) is 11.0 Å². The van der Waals surface area contributed by atoms with Crippen LogP contribution in [0.15, 0.2) is 48.5 Å². The summed E-state index contributed by atoms with van der Waals surface area (Å²) in [6, 6.07) is 15.6. The number of fused-ring (bicyclic) bond motifs is 1. The monoisotopic (exact) mass is 367 g/mol. The highest BCUT2D eigenvalue weighted by atomic mass is 32.1. The number of rotatable bonds is 4. The number of amides is 1. The molecular formula is C20H21N3O2S. The molecule has 1 amide bonds. The standard InChI is InChI=1S/C20H21N3O2S/c1-2-25-16-9-7-15(8-10-16)19(24)22-11-13-23(14-12-22)20-21-17-5-3-4-6-18(17)26-20/h3-10H,2,11-14H2,1H3. The summed E-state index contributed by atoms with van der Waals surface area (Å²) >= 11 is 1.71. The van der Waals surface area contributed by atoms with E-state index >= 15 is 0 Å². The van der Waals surface area contributed by atoms with Crippen molar-refractivity contribution in [2.45, 2.75) is 6.92 Å². The Kier molecular flexibility index (Phi) is 4.75. The molecule has 1 aliphatic rings. The highest BCUT2D eigenvalue weighted by molar-refractivity contribution is 7.22. The van der Waals surface area contributed by atoms with Crippen molar-refractivity contribution in [1.29, 1.82) is 0 Å². The van der Waals surface area contributed by atoms with Gasteiger partial charge in [0.2, 0.25) is 0 Å². The van der Waals surface area contributed by atoms with Gasteiger partial charge in [-0.3, -0.25) is 4.79 Å². The van der Waals surface area contributed by atoms with E-state index in [9.17, 15) is 4.79 Å². The second-order valence-electron chi connectivity index (χ2n) is 6.20. The molecule has 134 valence electrons. The minimum absolute atomic E-state index is 0.0806. The van der Waals surface area contributed by atoms with Gasteiger partial charge in [-0.15, -0.1) is 0 Å². The maximum atomic E-state index is 12.7. The predicted molar refractivity (Wildman–Crippen MR) is 105 cm³/mol. The van der Waals surface area contributed by atoms with Crippen molar-refractivity contribution in [2.24, 2.45) is 0 Å². The Labute approximate surface area is 156 Å². The van der Waals surface area contributed by atoms with E-state index in [1.165, 1.54) is 4.70 Å². The summed E-state index contributed by atoms with van der Waals surface area (Å²) in [6.45, 7) is 5.61. The number of piperazine rings is 1. The maximum absolute atomic E-state index is 12.7. The van der Waals surface area contributed by atoms with Gasteiger partial charge in [0.1, 0.15) is 5.75 Å². The number of carbonyl (C=O) groups excluding carboxylic acids is 1. The molecule has 1 aliphatic heterocycles. The normalized spacial score (nSPS) is 14.7. The van der Waals surface area contributed by atoms with Gasteiger partial charge in [0.05, 0.1) is 16.8 Å². The third-order valence-electron chi connectivity index (χ3n) is 4.53. The molecule has 5 nitrogen and oxygen atoms in total. The van der Waals surface area contributed by atoms with Gasteiger partial charge >= 0.3 is 0 Å². The molecule has 1 saturated heterocycles. The van der Waals surface area contributed by atoms with Crippen molar-refractivity contribution in [2.75, 3.05) is 37.7 Å². The number of hydrogen-bond acceptors (Lipinski definition) is 5. The molecule has 0 spiro atoms. The summed E-state index contributed by atoms with van der Waals surface area (Å²) < 4.78 is 6.64. The van der Waals surface area contributed by atoms with Gasteiger partial charge in [-0.1, -0.05) is 23.5 Å². The van der Waals surface area contributed by atoms with Crippen molar-refractivity contribution < 1.29 is 9.53 Å². The molecule has 2 heterocycles. The van der Waals surface area contributed by atoms with E-state index in [1.807, 2.05) is 54.3 Å². The van der Waals surface area contributed by atoms with Crippen molar-refractivity contribution in [1.82, 2.24) is 9.88 Å². The van der Waals surface area contributed by atoms with Crippen molar-refractivity contribution in [3.05, 3.63) is 54.1 Å². The Hall–Kier alpha value is -2.60. The fourth-order valence-corrected chi connectivity index (χ4v) is 4.16. The lowest BCUT2D eigenvalue weighted by molar-refractivity contribution is 0.0746. The maximum Gasteiger partial charge on any atom is 0.253 e. The molecule has 3 aromatic rings. The van der Waals surface area contributed by atoms with Crippen LogP contribution in [0.5, 0.6) is 5.75 Å². The van der Waals surface area contributed by atoms with Crippen LogP contribution < -0.4 is 9.64 Å². The third kappa shape index (κ3) is 3.37. The predicted octanol–water partition coefficient (Wildman–Crippen LogP) is 3.66. The van der Waals surface area contributed by atoms with Gasteiger partial charge in [-0.2, -0.15) is 0 Å². The van der Waals surface area contributed by atoms with Crippen molar-refractivity contribution in [3.63, 3.8) is 0 Å². The Morgan fingerprint density at radius 2 is 1.81 bits per heavy atom. The summed E-state index contributed by atoms with van der Waals surface area (Å²) in [5.41, 5.74) is 1.75. The van der Waals surface area contributed by atoms with Gasteiger partial charge in [-0.25, -0.2) is 4.98 Å². The zero-order valence-electron chi connectivity index (χ0n) is 14.7. The van der Waals surface area contributed by atoms with Crippen LogP contribution in [0.1, 0.15) is 17.3 Å². The number of carbonyl (C=O) groups is 1. The minimum Gasteiger partial charge on any atom is -0.494 e. The highest BCUT2D eigenvalue weighted by Gasteiger charge is 2.23. The fourth-order valence-electron chi connectivity index (χ4n) is 3.14. The quantitative estimate of drug-likeness (QED) is 0.706. The number of thiazole rings is 1. The fraction of sp³-hybridized carbons (Fsp3) is 0.300. The highest BCUT2D eigenvalue weighted by Crippen LogP contribution is 2.29. The van der Waals surface area contributed by atoms with Crippen LogP contribution in [0.2, 0.25) is 0 Å². The average Bonchev–Trinajstić information content (AvgIpc) is 3.13. The number of hydrogen-bond donors (Lipinski definition) is 0. The molecule has 0 N–H and O–H groups in total. The van der Waals surface area contributed by atoms with Gasteiger partial charge < -0.3 is 14.5 Å². The average molecular weight is 367 g/mol. The molecule has 0 radical (unpaired) electrons. The molecule has 0 aliphatic carbocycles. The molecule has 6 heteroatoms. The molecule has 0 saturated carbocycles. The van der Waals surface area contributed by atoms with E-state index in [0.717, 1.165) is 29.5 Å². The first-order valence-corrected chi connectivity index (χ1v) is 9.69. The van der Waals surface area contributed by atoms with Crippen molar-refractivity contribution >= 4 is 32.6 Å². The van der Waals surface area contributed by atoms with E-state index in [1.54, 1.807) is 11.3 Å². The lowest BCUT2D eigenvalue weighted by Gasteiger charge is -2.34. The molecule has 2 aromatic carbocycles. The molecule has 0 bridgehead atoms. The van der Waals surface area contributed by atoms with Gasteiger partial charge in [0.25, 0.3) is 5.91 Å². The van der Waals surface area contributed by atoms with Crippen LogP contribution in [-0.2, 0) is 0 Å². The Balaban J connectivity index is 1.40. The molecule has 26 heavy (non-hydrogen) atoms. The van der Waals surface area contributed by atoms with Gasteiger partial charge in [0.15, 0.2) is 5.13 Å². The summed E-state index contributed by atoms with van der Waals surface area (Å²) in [7, 11) is 0. The largest absolute Gasteiger partial charge is 0.494 e. The minimum atomic E-state index is 0.0806. The molecular weight excluding hydrogens is 346 g/mol. The SMILES string of the molecule is CCOc1ccc(C(=O)N2CCN(c3nc4ccccc4s3)CC2)cc1. The number of nitrogens with zero attached hydrogens (tertiary/aromatic N) is 3. The van der Waals surface area contributed by atoms with Crippen LogP contribution in [0.25, 0.3) is 10.2 Å². The Bertz CT molecular complexity index is 866. The van der Waals surface area contributed by atoms with Gasteiger partial charge in [0, 0.05) is 31.7 Å². The second kappa shape index (κ2) is 7.33. The van der Waals surface area contributed by atoms with E-state index in [0.29, 0.717) is 25.3 Å². The first kappa shape index (κ1) is 16.8. The Morgan fingerprint density at radius 3 is 2.50 bits per heavy atom. The van der Waals surface area contributed by atoms with Crippen LogP contribution >= 0.6 is 11.3 Å². The molecule has 4 rings (SSSR count). The lowest BCUT2D eigenvalue weighted by atomic mass is 10.1. The number of para-hydroxylation sites is 1. The molecule has 0 unspecified atom stereocenters. The summed E-state index contributed by atoms with van der Waals surface area (Å²) in [4.78, 5) is 21.6. The van der Waals surface area contributed by atoms with Crippen LogP contribution in [0, 0.1) is 0 Å². The number of benzene rings is 2. The zero-order valence-corrected chi connectivity index (χ0v) is 15.5. The summed E-state index contributed by atoms with van der Waals surface area (Å²) in [5, 5.41) is 1.04. The Morgan fingerprint density at radius 1 is 1.08 bits per heavy atom. The van der Waals surface area contributed by atoms with E-state index in [-0.39, 0.29) is 5.91 Å². The van der Waals surface area contributed by atoms with Crippen molar-refractivity contribution in [3.8, 4) is 5.75 Å². The van der Waals surface area contributed by atoms with E-state index in [4.69, 9.17) is 9.72 Å². The van der Waals surface area contributed by atoms with Gasteiger partial charge in [-0.05, 0) is 43.3 Å². The summed E-state index contributed by atoms with van der Waals surface area (Å²) in [6.07, 6.45) is 0. The summed E-state index contributed by atoms with van der Waals surface area (Å²) in [5.74, 6) is 0.877. The second-order valence-corrected chi connectivity index (χ2v) is 7.21. The van der Waals surface area contributed by atoms with E-state index < -0.39 is 0 Å². The third-order valence-corrected chi connectivity index (χ3v) is 5.63. The number of ether oxygens (including phenoxy) is 1. The number of anilines is 1. The first-order valence-electron chi connectivity index (χ1n) is 8.87. The van der Waals surface area contributed by atoms with Crippen LogP contribution in [-0.4, -0.2) is 48.6 Å². The molecule has 1 fully saturated rings.